The van der Waals surface area contributed by atoms with E-state index in [1.54, 1.807) is 0 Å². The first-order valence-corrected chi connectivity index (χ1v) is 8.22. The summed E-state index contributed by atoms with van der Waals surface area (Å²) in [7, 11) is 0. The molecule has 1 amide bonds. The SMILES string of the molecule is CC1(C)C2CNCC2CN1C(=O)c1ccc2c(c1)CCC2. The molecule has 0 aromatic heterocycles. The molecule has 0 spiro atoms. The van der Waals surface area contributed by atoms with Gasteiger partial charge in [0.05, 0.1) is 0 Å². The number of rotatable bonds is 1. The molecule has 1 aromatic rings. The summed E-state index contributed by atoms with van der Waals surface area (Å²) in [6.45, 7) is 7.47. The van der Waals surface area contributed by atoms with Gasteiger partial charge >= 0.3 is 0 Å². The Morgan fingerprint density at radius 2 is 2.05 bits per heavy atom. The van der Waals surface area contributed by atoms with E-state index < -0.39 is 0 Å². The predicted molar refractivity (Wildman–Crippen MR) is 83.4 cm³/mol. The van der Waals surface area contributed by atoms with E-state index >= 15 is 0 Å². The summed E-state index contributed by atoms with van der Waals surface area (Å²) < 4.78 is 0. The van der Waals surface area contributed by atoms with E-state index in [1.165, 1.54) is 24.0 Å². The van der Waals surface area contributed by atoms with Crippen LogP contribution in [0, 0.1) is 11.8 Å². The lowest BCUT2D eigenvalue weighted by molar-refractivity contribution is 0.0603. The van der Waals surface area contributed by atoms with Gasteiger partial charge in [-0.3, -0.25) is 4.79 Å². The van der Waals surface area contributed by atoms with Crippen molar-refractivity contribution in [3.05, 3.63) is 34.9 Å². The van der Waals surface area contributed by atoms with Gasteiger partial charge in [0.25, 0.3) is 5.91 Å². The normalized spacial score (nSPS) is 29.5. The van der Waals surface area contributed by atoms with Crippen LogP contribution in [0.3, 0.4) is 0 Å². The molecule has 2 aliphatic heterocycles. The zero-order valence-electron chi connectivity index (χ0n) is 13.0. The van der Waals surface area contributed by atoms with Gasteiger partial charge in [-0.2, -0.15) is 0 Å². The number of aryl methyl sites for hydroxylation is 2. The van der Waals surface area contributed by atoms with E-state index in [0.717, 1.165) is 31.6 Å². The second-order valence-electron chi connectivity index (χ2n) is 7.43. The Bertz CT molecular complexity index is 593. The van der Waals surface area contributed by atoms with Crippen LogP contribution in [-0.2, 0) is 12.8 Å². The number of benzene rings is 1. The lowest BCUT2D eigenvalue weighted by atomic mass is 9.84. The Labute approximate surface area is 126 Å². The van der Waals surface area contributed by atoms with Gasteiger partial charge in [0, 0.05) is 30.7 Å². The minimum Gasteiger partial charge on any atom is -0.333 e. The highest BCUT2D eigenvalue weighted by Gasteiger charge is 2.51. The number of nitrogens with zero attached hydrogens (tertiary/aromatic N) is 1. The van der Waals surface area contributed by atoms with E-state index in [2.05, 4.69) is 36.2 Å². The Morgan fingerprint density at radius 3 is 2.86 bits per heavy atom. The van der Waals surface area contributed by atoms with Crippen molar-refractivity contribution in [2.75, 3.05) is 19.6 Å². The summed E-state index contributed by atoms with van der Waals surface area (Å²) in [6.07, 6.45) is 3.54. The first-order valence-electron chi connectivity index (χ1n) is 8.22. The molecular formula is C18H24N2O. The number of hydrogen-bond acceptors (Lipinski definition) is 2. The fourth-order valence-corrected chi connectivity index (χ4v) is 4.63. The molecule has 2 saturated heterocycles. The molecule has 0 saturated carbocycles. The molecular weight excluding hydrogens is 260 g/mol. The van der Waals surface area contributed by atoms with E-state index in [0.29, 0.717) is 11.8 Å². The van der Waals surface area contributed by atoms with Crippen LogP contribution in [0.15, 0.2) is 18.2 Å². The van der Waals surface area contributed by atoms with Crippen LogP contribution in [0.4, 0.5) is 0 Å². The Balaban J connectivity index is 1.63. The summed E-state index contributed by atoms with van der Waals surface area (Å²) in [5.74, 6) is 1.44. The van der Waals surface area contributed by atoms with Crippen LogP contribution in [0.2, 0.25) is 0 Å². The van der Waals surface area contributed by atoms with Crippen LogP contribution < -0.4 is 5.32 Å². The molecule has 2 heterocycles. The molecule has 2 unspecified atom stereocenters. The maximum atomic E-state index is 13.0. The van der Waals surface area contributed by atoms with Crippen LogP contribution in [0.5, 0.6) is 0 Å². The van der Waals surface area contributed by atoms with E-state index in [1.807, 2.05) is 6.07 Å². The van der Waals surface area contributed by atoms with Crippen molar-refractivity contribution in [1.29, 1.82) is 0 Å². The fourth-order valence-electron chi connectivity index (χ4n) is 4.63. The Kier molecular flexibility index (Phi) is 2.90. The highest BCUT2D eigenvalue weighted by atomic mass is 16.2. The van der Waals surface area contributed by atoms with Crippen molar-refractivity contribution in [1.82, 2.24) is 10.2 Å². The lowest BCUT2D eigenvalue weighted by Gasteiger charge is -2.35. The molecule has 112 valence electrons. The molecule has 0 bridgehead atoms. The smallest absolute Gasteiger partial charge is 0.254 e. The third-order valence-electron chi connectivity index (χ3n) is 5.95. The number of carbonyl (C=O) groups excluding carboxylic acids is 1. The summed E-state index contributed by atoms with van der Waals surface area (Å²) in [5.41, 5.74) is 3.68. The average molecular weight is 284 g/mol. The Morgan fingerprint density at radius 1 is 1.24 bits per heavy atom. The van der Waals surface area contributed by atoms with Gasteiger partial charge in [-0.25, -0.2) is 0 Å². The summed E-state index contributed by atoms with van der Waals surface area (Å²) in [5, 5.41) is 3.48. The molecule has 2 fully saturated rings. The molecule has 3 aliphatic rings. The highest BCUT2D eigenvalue weighted by molar-refractivity contribution is 5.95. The lowest BCUT2D eigenvalue weighted by Crippen LogP contribution is -2.47. The largest absolute Gasteiger partial charge is 0.333 e. The average Bonchev–Trinajstić information content (AvgIpc) is 3.15. The van der Waals surface area contributed by atoms with Gasteiger partial charge in [0.2, 0.25) is 0 Å². The van der Waals surface area contributed by atoms with Crippen molar-refractivity contribution in [3.8, 4) is 0 Å². The van der Waals surface area contributed by atoms with E-state index in [-0.39, 0.29) is 11.4 Å². The van der Waals surface area contributed by atoms with Gasteiger partial charge < -0.3 is 10.2 Å². The second kappa shape index (κ2) is 4.57. The van der Waals surface area contributed by atoms with E-state index in [4.69, 9.17) is 0 Å². The van der Waals surface area contributed by atoms with Crippen molar-refractivity contribution < 1.29 is 4.79 Å². The van der Waals surface area contributed by atoms with Crippen molar-refractivity contribution in [2.45, 2.75) is 38.6 Å². The van der Waals surface area contributed by atoms with Crippen LogP contribution >= 0.6 is 0 Å². The zero-order chi connectivity index (χ0) is 14.6. The minimum absolute atomic E-state index is 0.0374. The molecule has 1 aromatic carbocycles. The van der Waals surface area contributed by atoms with Crippen molar-refractivity contribution in [3.63, 3.8) is 0 Å². The molecule has 1 aliphatic carbocycles. The molecule has 3 heteroatoms. The second-order valence-corrected chi connectivity index (χ2v) is 7.43. The molecule has 3 nitrogen and oxygen atoms in total. The molecule has 21 heavy (non-hydrogen) atoms. The molecule has 1 N–H and O–H groups in total. The van der Waals surface area contributed by atoms with Crippen molar-refractivity contribution in [2.24, 2.45) is 11.8 Å². The Hall–Kier alpha value is -1.35. The number of hydrogen-bond donors (Lipinski definition) is 1. The third kappa shape index (κ3) is 1.94. The molecule has 2 atom stereocenters. The van der Waals surface area contributed by atoms with Crippen LogP contribution in [-0.4, -0.2) is 36.0 Å². The number of amides is 1. The predicted octanol–water partition coefficient (Wildman–Crippen LogP) is 2.25. The van der Waals surface area contributed by atoms with Crippen LogP contribution in [0.1, 0.15) is 41.8 Å². The third-order valence-corrected chi connectivity index (χ3v) is 5.95. The van der Waals surface area contributed by atoms with Gasteiger partial charge in [-0.1, -0.05) is 6.07 Å². The first-order chi connectivity index (χ1) is 10.1. The first kappa shape index (κ1) is 13.3. The molecule has 4 rings (SSSR count). The van der Waals surface area contributed by atoms with Crippen LogP contribution in [0.25, 0.3) is 0 Å². The number of nitrogens with one attached hydrogen (secondary N) is 1. The maximum Gasteiger partial charge on any atom is 0.254 e. The van der Waals surface area contributed by atoms with E-state index in [9.17, 15) is 4.79 Å². The van der Waals surface area contributed by atoms with Gasteiger partial charge in [-0.15, -0.1) is 0 Å². The molecule has 0 radical (unpaired) electrons. The monoisotopic (exact) mass is 284 g/mol. The van der Waals surface area contributed by atoms with Gasteiger partial charge in [0.1, 0.15) is 0 Å². The topological polar surface area (TPSA) is 32.3 Å². The van der Waals surface area contributed by atoms with Gasteiger partial charge in [0.15, 0.2) is 0 Å². The van der Waals surface area contributed by atoms with Crippen molar-refractivity contribution >= 4 is 5.91 Å². The quantitative estimate of drug-likeness (QED) is 0.858. The number of carbonyl (C=O) groups is 1. The summed E-state index contributed by atoms with van der Waals surface area (Å²) >= 11 is 0. The standard InChI is InChI=1S/C18H24N2O/c1-18(2)16-10-19-9-15(16)11-20(18)17(21)14-7-6-12-4-3-5-13(12)8-14/h6-8,15-16,19H,3-5,9-11H2,1-2H3. The minimum atomic E-state index is -0.0374. The summed E-state index contributed by atoms with van der Waals surface area (Å²) in [6, 6.07) is 6.35. The zero-order valence-corrected chi connectivity index (χ0v) is 13.0. The maximum absolute atomic E-state index is 13.0. The fraction of sp³-hybridized carbons (Fsp3) is 0.611. The summed E-state index contributed by atoms with van der Waals surface area (Å²) in [4.78, 5) is 15.1. The van der Waals surface area contributed by atoms with Gasteiger partial charge in [-0.05, 0) is 68.2 Å². The number of likely N-dealkylation sites (tertiary alicyclic amines) is 1. The number of fused-ring (bicyclic) bond motifs is 2. The highest BCUT2D eigenvalue weighted by Crippen LogP contribution is 2.41.